The van der Waals surface area contributed by atoms with Crippen LogP contribution in [0.15, 0.2) is 0 Å². The molecule has 0 radical (unpaired) electrons. The van der Waals surface area contributed by atoms with Gasteiger partial charge in [-0.05, 0) is 31.1 Å². The van der Waals surface area contributed by atoms with Crippen molar-refractivity contribution in [3.05, 3.63) is 0 Å². The number of unbranched alkanes of at least 4 members (excludes halogenated alkanes) is 4. The first-order valence-electron chi connectivity index (χ1n) is 8.85. The van der Waals surface area contributed by atoms with Crippen LogP contribution >= 0.6 is 0 Å². The van der Waals surface area contributed by atoms with Crippen LogP contribution in [0, 0.1) is 11.8 Å². The molecule has 19 heavy (non-hydrogen) atoms. The van der Waals surface area contributed by atoms with Crippen molar-refractivity contribution in [2.75, 3.05) is 0 Å². The van der Waals surface area contributed by atoms with Crippen LogP contribution in [0.4, 0.5) is 0 Å². The van der Waals surface area contributed by atoms with E-state index in [1.54, 1.807) is 0 Å². The Kier molecular flexibility index (Phi) is 12.9. The highest BCUT2D eigenvalue weighted by atomic mass is 14.6. The molecule has 3 atom stereocenters. The molecular formula is C18H39N. The van der Waals surface area contributed by atoms with Gasteiger partial charge in [0.15, 0.2) is 0 Å². The van der Waals surface area contributed by atoms with Gasteiger partial charge < -0.3 is 5.73 Å². The van der Waals surface area contributed by atoms with E-state index in [0.717, 1.165) is 11.8 Å². The molecule has 0 rings (SSSR count). The van der Waals surface area contributed by atoms with Crippen molar-refractivity contribution < 1.29 is 0 Å². The van der Waals surface area contributed by atoms with Crippen LogP contribution in [-0.2, 0) is 0 Å². The Hall–Kier alpha value is -0.0400. The molecule has 0 fully saturated rings. The summed E-state index contributed by atoms with van der Waals surface area (Å²) in [7, 11) is 0. The van der Waals surface area contributed by atoms with E-state index in [4.69, 9.17) is 5.73 Å². The van der Waals surface area contributed by atoms with Gasteiger partial charge in [0.1, 0.15) is 0 Å². The summed E-state index contributed by atoms with van der Waals surface area (Å²) in [5, 5.41) is 0. The van der Waals surface area contributed by atoms with Gasteiger partial charge in [0.2, 0.25) is 0 Å². The van der Waals surface area contributed by atoms with Gasteiger partial charge in [0.05, 0.1) is 0 Å². The standard InChI is InChI=1S/C18H39N/c1-5-7-8-9-10-11-18(19)15-14-17(4)13-12-16(3)6-2/h16-18H,5-15,19H2,1-4H3. The topological polar surface area (TPSA) is 26.0 Å². The normalized spacial score (nSPS) is 16.3. The van der Waals surface area contributed by atoms with Gasteiger partial charge >= 0.3 is 0 Å². The van der Waals surface area contributed by atoms with E-state index in [-0.39, 0.29) is 0 Å². The number of rotatable bonds is 13. The first-order valence-corrected chi connectivity index (χ1v) is 8.85. The van der Waals surface area contributed by atoms with Gasteiger partial charge in [0.25, 0.3) is 0 Å². The van der Waals surface area contributed by atoms with Crippen LogP contribution in [0.5, 0.6) is 0 Å². The third kappa shape index (κ3) is 12.7. The molecule has 2 N–H and O–H groups in total. The lowest BCUT2D eigenvalue weighted by Crippen LogP contribution is -2.20. The summed E-state index contributed by atoms with van der Waals surface area (Å²) in [4.78, 5) is 0. The molecule has 0 aromatic rings. The fourth-order valence-corrected chi connectivity index (χ4v) is 2.57. The molecule has 116 valence electrons. The van der Waals surface area contributed by atoms with E-state index in [1.807, 2.05) is 0 Å². The molecule has 0 aromatic heterocycles. The average Bonchev–Trinajstić information content (AvgIpc) is 2.42. The quantitative estimate of drug-likeness (QED) is 0.413. The van der Waals surface area contributed by atoms with Gasteiger partial charge in [-0.3, -0.25) is 0 Å². The first kappa shape index (κ1) is 19.0. The minimum atomic E-state index is 0.452. The number of hydrogen-bond donors (Lipinski definition) is 1. The van der Waals surface area contributed by atoms with Crippen LogP contribution in [0.1, 0.15) is 98.3 Å². The highest BCUT2D eigenvalue weighted by Crippen LogP contribution is 2.20. The lowest BCUT2D eigenvalue weighted by molar-refractivity contribution is 0.380. The molecule has 0 amide bonds. The van der Waals surface area contributed by atoms with Crippen LogP contribution in [0.25, 0.3) is 0 Å². The summed E-state index contributed by atoms with van der Waals surface area (Å²) < 4.78 is 0. The smallest absolute Gasteiger partial charge is 0.00389 e. The fourth-order valence-electron chi connectivity index (χ4n) is 2.57. The predicted octanol–water partition coefficient (Wildman–Crippen LogP) is 5.92. The fraction of sp³-hybridized carbons (Fsp3) is 1.00. The third-order valence-corrected chi connectivity index (χ3v) is 4.56. The second-order valence-electron chi connectivity index (χ2n) is 6.74. The molecule has 0 heterocycles. The molecule has 0 aliphatic rings. The lowest BCUT2D eigenvalue weighted by atomic mass is 9.91. The van der Waals surface area contributed by atoms with Crippen molar-refractivity contribution in [2.24, 2.45) is 17.6 Å². The molecule has 0 bridgehead atoms. The Bertz CT molecular complexity index is 179. The van der Waals surface area contributed by atoms with Crippen molar-refractivity contribution in [3.63, 3.8) is 0 Å². The van der Waals surface area contributed by atoms with Gasteiger partial charge in [0, 0.05) is 6.04 Å². The summed E-state index contributed by atoms with van der Waals surface area (Å²) in [5.74, 6) is 1.76. The Morgan fingerprint density at radius 3 is 1.89 bits per heavy atom. The summed E-state index contributed by atoms with van der Waals surface area (Å²) >= 11 is 0. The zero-order chi connectivity index (χ0) is 14.5. The van der Waals surface area contributed by atoms with Crippen molar-refractivity contribution in [2.45, 2.75) is 104 Å². The van der Waals surface area contributed by atoms with Crippen molar-refractivity contribution in [3.8, 4) is 0 Å². The van der Waals surface area contributed by atoms with E-state index in [1.165, 1.54) is 70.6 Å². The second kappa shape index (κ2) is 13.0. The van der Waals surface area contributed by atoms with Gasteiger partial charge in [-0.25, -0.2) is 0 Å². The number of hydrogen-bond acceptors (Lipinski definition) is 1. The SMILES string of the molecule is CCCCCCCC(N)CCC(C)CCC(C)CC. The molecule has 0 saturated heterocycles. The Morgan fingerprint density at radius 1 is 0.684 bits per heavy atom. The predicted molar refractivity (Wildman–Crippen MR) is 88.4 cm³/mol. The van der Waals surface area contributed by atoms with Crippen molar-refractivity contribution >= 4 is 0 Å². The maximum atomic E-state index is 6.22. The second-order valence-corrected chi connectivity index (χ2v) is 6.74. The Morgan fingerprint density at radius 2 is 1.26 bits per heavy atom. The van der Waals surface area contributed by atoms with E-state index >= 15 is 0 Å². The maximum absolute atomic E-state index is 6.22. The molecule has 0 aliphatic carbocycles. The van der Waals surface area contributed by atoms with E-state index in [2.05, 4.69) is 27.7 Å². The Balaban J connectivity index is 3.42. The minimum absolute atomic E-state index is 0.452. The summed E-state index contributed by atoms with van der Waals surface area (Å²) in [6, 6.07) is 0.452. The van der Waals surface area contributed by atoms with Crippen LogP contribution in [0.2, 0.25) is 0 Å². The highest BCUT2D eigenvalue weighted by Gasteiger charge is 2.08. The monoisotopic (exact) mass is 269 g/mol. The lowest BCUT2D eigenvalue weighted by Gasteiger charge is -2.17. The maximum Gasteiger partial charge on any atom is 0.00389 e. The van der Waals surface area contributed by atoms with E-state index < -0.39 is 0 Å². The molecule has 1 heteroatoms. The molecule has 1 nitrogen and oxygen atoms in total. The largest absolute Gasteiger partial charge is 0.328 e. The Labute approximate surface area is 122 Å². The molecule has 3 unspecified atom stereocenters. The molecule has 0 aliphatic heterocycles. The average molecular weight is 270 g/mol. The van der Waals surface area contributed by atoms with Crippen molar-refractivity contribution in [1.82, 2.24) is 0 Å². The molecule has 0 aromatic carbocycles. The van der Waals surface area contributed by atoms with E-state index in [9.17, 15) is 0 Å². The zero-order valence-electron chi connectivity index (χ0n) is 14.1. The zero-order valence-corrected chi connectivity index (χ0v) is 14.1. The minimum Gasteiger partial charge on any atom is -0.328 e. The van der Waals surface area contributed by atoms with Gasteiger partial charge in [-0.1, -0.05) is 79.1 Å². The van der Waals surface area contributed by atoms with Crippen LogP contribution < -0.4 is 5.73 Å². The highest BCUT2D eigenvalue weighted by molar-refractivity contribution is 4.65. The molecular weight excluding hydrogens is 230 g/mol. The van der Waals surface area contributed by atoms with Gasteiger partial charge in [-0.2, -0.15) is 0 Å². The summed E-state index contributed by atoms with van der Waals surface area (Å²) in [5.41, 5.74) is 6.22. The van der Waals surface area contributed by atoms with E-state index in [0.29, 0.717) is 6.04 Å². The third-order valence-electron chi connectivity index (χ3n) is 4.56. The van der Waals surface area contributed by atoms with Gasteiger partial charge in [-0.15, -0.1) is 0 Å². The molecule has 0 saturated carbocycles. The van der Waals surface area contributed by atoms with Crippen molar-refractivity contribution in [1.29, 1.82) is 0 Å². The van der Waals surface area contributed by atoms with Crippen LogP contribution in [0.3, 0.4) is 0 Å². The van der Waals surface area contributed by atoms with Crippen LogP contribution in [-0.4, -0.2) is 6.04 Å². The molecule has 0 spiro atoms. The number of nitrogens with two attached hydrogens (primary N) is 1. The summed E-state index contributed by atoms with van der Waals surface area (Å²) in [6.07, 6.45) is 14.7. The first-order chi connectivity index (χ1) is 9.10. The summed E-state index contributed by atoms with van der Waals surface area (Å²) in [6.45, 7) is 9.33.